The number of imide groups is 1. The molecule has 0 radical (unpaired) electrons. The van der Waals surface area contributed by atoms with Crippen LogP contribution in [0.25, 0.3) is 6.08 Å². The SMILES string of the molecule is CCN(CC)c1ccc(C=C2OC(=O)N(C(C)C3CCCCC3)C2=O)cc1. The number of anilines is 1. The molecule has 0 aromatic heterocycles. The van der Waals surface area contributed by atoms with Crippen LogP contribution < -0.4 is 4.90 Å². The highest BCUT2D eigenvalue weighted by Crippen LogP contribution is 2.32. The number of rotatable bonds is 6. The van der Waals surface area contributed by atoms with E-state index < -0.39 is 6.09 Å². The second-order valence-electron chi connectivity index (χ2n) is 7.45. The van der Waals surface area contributed by atoms with Gasteiger partial charge in [0.2, 0.25) is 0 Å². The van der Waals surface area contributed by atoms with Crippen molar-refractivity contribution < 1.29 is 14.3 Å². The summed E-state index contributed by atoms with van der Waals surface area (Å²) >= 11 is 0. The first-order valence-electron chi connectivity index (χ1n) is 10.2. The van der Waals surface area contributed by atoms with Crippen molar-refractivity contribution in [1.82, 2.24) is 4.90 Å². The van der Waals surface area contributed by atoms with E-state index in [1.54, 1.807) is 6.08 Å². The van der Waals surface area contributed by atoms with E-state index in [0.29, 0.717) is 5.92 Å². The molecule has 0 spiro atoms. The minimum atomic E-state index is -0.538. The van der Waals surface area contributed by atoms with Gasteiger partial charge in [0.05, 0.1) is 0 Å². The lowest BCUT2D eigenvalue weighted by atomic mass is 9.84. The van der Waals surface area contributed by atoms with Gasteiger partial charge < -0.3 is 9.64 Å². The second kappa shape index (κ2) is 8.59. The van der Waals surface area contributed by atoms with Crippen molar-refractivity contribution in [2.45, 2.75) is 58.9 Å². The quantitative estimate of drug-likeness (QED) is 0.674. The van der Waals surface area contributed by atoms with Gasteiger partial charge in [-0.3, -0.25) is 4.79 Å². The maximum absolute atomic E-state index is 12.8. The molecule has 1 aromatic rings. The zero-order valence-corrected chi connectivity index (χ0v) is 16.6. The molecular weight excluding hydrogens is 340 g/mol. The van der Waals surface area contributed by atoms with E-state index in [1.807, 2.05) is 31.2 Å². The maximum Gasteiger partial charge on any atom is 0.422 e. The number of benzene rings is 1. The molecular formula is C22H30N2O3. The Kier molecular flexibility index (Phi) is 6.19. The summed E-state index contributed by atoms with van der Waals surface area (Å²) in [5, 5.41) is 0. The Labute approximate surface area is 162 Å². The molecule has 27 heavy (non-hydrogen) atoms. The van der Waals surface area contributed by atoms with Gasteiger partial charge in [0.1, 0.15) is 0 Å². The van der Waals surface area contributed by atoms with E-state index in [9.17, 15) is 9.59 Å². The third-order valence-electron chi connectivity index (χ3n) is 5.88. The Morgan fingerprint density at radius 1 is 1.11 bits per heavy atom. The van der Waals surface area contributed by atoms with Crippen molar-refractivity contribution in [2.75, 3.05) is 18.0 Å². The first kappa shape index (κ1) is 19.5. The van der Waals surface area contributed by atoms with Gasteiger partial charge in [-0.15, -0.1) is 0 Å². The molecule has 1 aliphatic heterocycles. The van der Waals surface area contributed by atoms with E-state index in [0.717, 1.165) is 37.2 Å². The van der Waals surface area contributed by atoms with Crippen LogP contribution in [0.2, 0.25) is 0 Å². The Balaban J connectivity index is 1.73. The molecule has 1 aromatic carbocycles. The Bertz CT molecular complexity index is 701. The number of cyclic esters (lactones) is 1. The summed E-state index contributed by atoms with van der Waals surface area (Å²) in [6.07, 6.45) is 6.87. The molecule has 3 rings (SSSR count). The van der Waals surface area contributed by atoms with E-state index in [4.69, 9.17) is 4.74 Å². The van der Waals surface area contributed by atoms with Crippen molar-refractivity contribution in [3.63, 3.8) is 0 Å². The molecule has 1 saturated heterocycles. The van der Waals surface area contributed by atoms with E-state index >= 15 is 0 Å². The first-order valence-corrected chi connectivity index (χ1v) is 10.2. The fourth-order valence-corrected chi connectivity index (χ4v) is 4.18. The number of amides is 2. The number of carbonyl (C=O) groups is 2. The Hall–Kier alpha value is -2.30. The Morgan fingerprint density at radius 3 is 2.33 bits per heavy atom. The van der Waals surface area contributed by atoms with Gasteiger partial charge in [-0.25, -0.2) is 9.69 Å². The molecule has 1 saturated carbocycles. The van der Waals surface area contributed by atoms with Crippen LogP contribution in [-0.2, 0) is 9.53 Å². The third-order valence-corrected chi connectivity index (χ3v) is 5.88. The summed E-state index contributed by atoms with van der Waals surface area (Å²) in [7, 11) is 0. The van der Waals surface area contributed by atoms with Gasteiger partial charge in [-0.2, -0.15) is 0 Å². The molecule has 1 aliphatic carbocycles. The zero-order chi connectivity index (χ0) is 19.4. The maximum atomic E-state index is 12.8. The summed E-state index contributed by atoms with van der Waals surface area (Å²) in [5.74, 6) is 0.187. The molecule has 5 nitrogen and oxygen atoms in total. The van der Waals surface area contributed by atoms with E-state index in [-0.39, 0.29) is 17.7 Å². The summed E-state index contributed by atoms with van der Waals surface area (Å²) in [6, 6.07) is 7.86. The zero-order valence-electron chi connectivity index (χ0n) is 16.6. The van der Waals surface area contributed by atoms with Gasteiger partial charge in [-0.05, 0) is 63.3 Å². The van der Waals surface area contributed by atoms with Crippen LogP contribution in [0.4, 0.5) is 10.5 Å². The fraction of sp³-hybridized carbons (Fsp3) is 0.545. The molecule has 0 N–H and O–H groups in total. The molecule has 2 amide bonds. The summed E-state index contributed by atoms with van der Waals surface area (Å²) in [4.78, 5) is 28.7. The van der Waals surface area contributed by atoms with Crippen LogP contribution in [0.3, 0.4) is 0 Å². The predicted molar refractivity (Wildman–Crippen MR) is 107 cm³/mol. The molecule has 1 unspecified atom stereocenters. The van der Waals surface area contributed by atoms with Crippen LogP contribution in [0.1, 0.15) is 58.4 Å². The van der Waals surface area contributed by atoms with Gasteiger partial charge in [-0.1, -0.05) is 31.4 Å². The van der Waals surface area contributed by atoms with Crippen LogP contribution in [0, 0.1) is 5.92 Å². The van der Waals surface area contributed by atoms with Crippen molar-refractivity contribution in [2.24, 2.45) is 5.92 Å². The van der Waals surface area contributed by atoms with Crippen LogP contribution in [0.5, 0.6) is 0 Å². The molecule has 2 fully saturated rings. The lowest BCUT2D eigenvalue weighted by Crippen LogP contribution is -2.42. The van der Waals surface area contributed by atoms with Crippen LogP contribution in [0.15, 0.2) is 30.0 Å². The third kappa shape index (κ3) is 4.18. The molecule has 146 valence electrons. The van der Waals surface area contributed by atoms with Gasteiger partial charge in [0.25, 0.3) is 5.91 Å². The monoisotopic (exact) mass is 370 g/mol. The minimum absolute atomic E-state index is 0.110. The summed E-state index contributed by atoms with van der Waals surface area (Å²) in [5.41, 5.74) is 2.00. The van der Waals surface area contributed by atoms with E-state index in [1.165, 1.54) is 24.2 Å². The Morgan fingerprint density at radius 2 is 1.74 bits per heavy atom. The molecule has 5 heteroatoms. The van der Waals surface area contributed by atoms with Gasteiger partial charge in [0, 0.05) is 24.8 Å². The fourth-order valence-electron chi connectivity index (χ4n) is 4.18. The molecule has 2 aliphatic rings. The molecule has 1 heterocycles. The topological polar surface area (TPSA) is 49.9 Å². The highest BCUT2D eigenvalue weighted by Gasteiger charge is 2.42. The van der Waals surface area contributed by atoms with Crippen LogP contribution >= 0.6 is 0 Å². The number of hydrogen-bond acceptors (Lipinski definition) is 4. The number of carbonyl (C=O) groups excluding carboxylic acids is 2. The van der Waals surface area contributed by atoms with Crippen molar-refractivity contribution in [3.05, 3.63) is 35.6 Å². The lowest BCUT2D eigenvalue weighted by Gasteiger charge is -2.31. The highest BCUT2D eigenvalue weighted by atomic mass is 16.6. The van der Waals surface area contributed by atoms with Gasteiger partial charge >= 0.3 is 6.09 Å². The normalized spacial score (nSPS) is 20.9. The lowest BCUT2D eigenvalue weighted by molar-refractivity contribution is -0.125. The van der Waals surface area contributed by atoms with Gasteiger partial charge in [0.15, 0.2) is 5.76 Å². The predicted octanol–water partition coefficient (Wildman–Crippen LogP) is 4.82. The number of hydrogen-bond donors (Lipinski definition) is 0. The summed E-state index contributed by atoms with van der Waals surface area (Å²) < 4.78 is 5.31. The number of ether oxygens (including phenoxy) is 1. The summed E-state index contributed by atoms with van der Waals surface area (Å²) in [6.45, 7) is 8.11. The van der Waals surface area contributed by atoms with E-state index in [2.05, 4.69) is 18.7 Å². The largest absolute Gasteiger partial charge is 0.422 e. The number of nitrogens with zero attached hydrogens (tertiary/aromatic N) is 2. The van der Waals surface area contributed by atoms with Crippen LogP contribution in [-0.4, -0.2) is 36.0 Å². The average molecular weight is 370 g/mol. The molecule has 1 atom stereocenters. The van der Waals surface area contributed by atoms with Crippen molar-refractivity contribution >= 4 is 23.8 Å². The smallest absolute Gasteiger partial charge is 0.404 e. The first-order chi connectivity index (χ1) is 13.0. The highest BCUT2D eigenvalue weighted by molar-refractivity contribution is 6.10. The average Bonchev–Trinajstić information content (AvgIpc) is 2.97. The standard InChI is InChI=1S/C22H30N2O3/c1-4-23(5-2)19-13-11-17(12-14-19)15-20-21(25)24(22(26)27-20)16(3)18-9-7-6-8-10-18/h11-16,18H,4-10H2,1-3H3. The van der Waals surface area contributed by atoms with Crippen molar-refractivity contribution in [3.8, 4) is 0 Å². The van der Waals surface area contributed by atoms with Crippen molar-refractivity contribution in [1.29, 1.82) is 0 Å². The molecule has 0 bridgehead atoms. The second-order valence-corrected chi connectivity index (χ2v) is 7.45. The minimum Gasteiger partial charge on any atom is -0.404 e.